The zero-order chi connectivity index (χ0) is 9.68. The molecule has 4 heteroatoms. The third-order valence-corrected chi connectivity index (χ3v) is 2.75. The molecule has 0 radical (unpaired) electrons. The molecule has 0 aliphatic carbocycles. The maximum atomic E-state index is 5.54. The van der Waals surface area contributed by atoms with E-state index in [4.69, 9.17) is 5.73 Å². The van der Waals surface area contributed by atoms with Crippen LogP contribution >= 0.6 is 11.3 Å². The molecule has 0 unspecified atom stereocenters. The van der Waals surface area contributed by atoms with Gasteiger partial charge in [0.2, 0.25) is 0 Å². The van der Waals surface area contributed by atoms with E-state index in [1.54, 1.807) is 11.3 Å². The molecule has 0 saturated carbocycles. The fraction of sp³-hybridized carbons (Fsp3) is 0.667. The molecule has 0 saturated heterocycles. The Kier molecular flexibility index (Phi) is 4.35. The molecule has 0 aliphatic rings. The molecule has 1 aromatic rings. The second-order valence-corrected chi connectivity index (χ2v) is 4.29. The fourth-order valence-corrected chi connectivity index (χ4v) is 1.83. The van der Waals surface area contributed by atoms with Crippen molar-refractivity contribution in [1.82, 2.24) is 9.88 Å². The lowest BCUT2D eigenvalue weighted by Crippen LogP contribution is -2.34. The molecule has 0 bridgehead atoms. The van der Waals surface area contributed by atoms with Gasteiger partial charge in [-0.1, -0.05) is 0 Å². The summed E-state index contributed by atoms with van der Waals surface area (Å²) in [5.74, 6) is 0. The summed E-state index contributed by atoms with van der Waals surface area (Å²) in [7, 11) is 0. The molecule has 2 N–H and O–H groups in total. The quantitative estimate of drug-likeness (QED) is 0.777. The highest BCUT2D eigenvalue weighted by atomic mass is 32.1. The first kappa shape index (κ1) is 10.6. The number of hydrogen-bond acceptors (Lipinski definition) is 4. The smallest absolute Gasteiger partial charge is 0.0794 e. The van der Waals surface area contributed by atoms with Crippen molar-refractivity contribution in [3.63, 3.8) is 0 Å². The Bertz CT molecular complexity index is 221. The standard InChI is InChI=1S/C9H17N3S/c1-8(2)12(4-3-10)6-9-5-11-7-13-9/h5,7-8H,3-4,6,10H2,1-2H3. The van der Waals surface area contributed by atoms with E-state index in [1.165, 1.54) is 4.88 Å². The van der Waals surface area contributed by atoms with E-state index in [1.807, 2.05) is 11.7 Å². The van der Waals surface area contributed by atoms with E-state index in [-0.39, 0.29) is 0 Å². The van der Waals surface area contributed by atoms with Gasteiger partial charge in [0.25, 0.3) is 0 Å². The first-order chi connectivity index (χ1) is 6.24. The van der Waals surface area contributed by atoms with Crippen LogP contribution < -0.4 is 5.73 Å². The summed E-state index contributed by atoms with van der Waals surface area (Å²) in [6.45, 7) is 7.03. The van der Waals surface area contributed by atoms with Crippen molar-refractivity contribution in [1.29, 1.82) is 0 Å². The van der Waals surface area contributed by atoms with Crippen molar-refractivity contribution in [3.05, 3.63) is 16.6 Å². The highest BCUT2D eigenvalue weighted by Gasteiger charge is 2.09. The van der Waals surface area contributed by atoms with Gasteiger partial charge in [-0.05, 0) is 13.8 Å². The van der Waals surface area contributed by atoms with Crippen molar-refractivity contribution in [2.75, 3.05) is 13.1 Å². The lowest BCUT2D eigenvalue weighted by molar-refractivity contribution is 0.221. The minimum Gasteiger partial charge on any atom is -0.329 e. The number of thiazole rings is 1. The zero-order valence-electron chi connectivity index (χ0n) is 8.23. The molecule has 74 valence electrons. The number of nitrogens with two attached hydrogens (primary N) is 1. The largest absolute Gasteiger partial charge is 0.329 e. The van der Waals surface area contributed by atoms with Crippen molar-refractivity contribution in [3.8, 4) is 0 Å². The molecular weight excluding hydrogens is 182 g/mol. The van der Waals surface area contributed by atoms with Gasteiger partial charge in [0, 0.05) is 36.8 Å². The average molecular weight is 199 g/mol. The van der Waals surface area contributed by atoms with E-state index < -0.39 is 0 Å². The second kappa shape index (κ2) is 5.32. The highest BCUT2D eigenvalue weighted by molar-refractivity contribution is 7.09. The van der Waals surface area contributed by atoms with Crippen molar-refractivity contribution in [2.45, 2.75) is 26.4 Å². The third kappa shape index (κ3) is 3.42. The molecule has 0 aromatic carbocycles. The Labute approximate surface area is 83.6 Å². The van der Waals surface area contributed by atoms with Crippen molar-refractivity contribution >= 4 is 11.3 Å². The molecule has 1 aromatic heterocycles. The molecule has 0 atom stereocenters. The summed E-state index contributed by atoms with van der Waals surface area (Å²) in [4.78, 5) is 7.72. The molecule has 0 spiro atoms. The van der Waals surface area contributed by atoms with Gasteiger partial charge < -0.3 is 5.73 Å². The molecule has 0 amide bonds. The lowest BCUT2D eigenvalue weighted by atomic mass is 10.3. The van der Waals surface area contributed by atoms with Gasteiger partial charge in [0.15, 0.2) is 0 Å². The van der Waals surface area contributed by atoms with Gasteiger partial charge in [-0.25, -0.2) is 0 Å². The Morgan fingerprint density at radius 1 is 1.62 bits per heavy atom. The fourth-order valence-electron chi connectivity index (χ4n) is 1.21. The van der Waals surface area contributed by atoms with Gasteiger partial charge in [0.05, 0.1) is 5.51 Å². The number of nitrogens with zero attached hydrogens (tertiary/aromatic N) is 2. The van der Waals surface area contributed by atoms with Gasteiger partial charge in [0.1, 0.15) is 0 Å². The maximum Gasteiger partial charge on any atom is 0.0794 e. The van der Waals surface area contributed by atoms with E-state index in [2.05, 4.69) is 23.7 Å². The van der Waals surface area contributed by atoms with Gasteiger partial charge in [-0.15, -0.1) is 11.3 Å². The molecule has 1 heterocycles. The Morgan fingerprint density at radius 3 is 2.85 bits per heavy atom. The van der Waals surface area contributed by atoms with Crippen LogP contribution in [0.3, 0.4) is 0 Å². The maximum absolute atomic E-state index is 5.54. The van der Waals surface area contributed by atoms with Crippen LogP contribution in [-0.2, 0) is 6.54 Å². The van der Waals surface area contributed by atoms with Crippen LogP contribution in [0, 0.1) is 0 Å². The Balaban J connectivity index is 2.47. The van der Waals surface area contributed by atoms with Gasteiger partial charge in [-0.2, -0.15) is 0 Å². The summed E-state index contributed by atoms with van der Waals surface area (Å²) < 4.78 is 0. The van der Waals surface area contributed by atoms with Crippen LogP contribution in [-0.4, -0.2) is 29.0 Å². The zero-order valence-corrected chi connectivity index (χ0v) is 9.05. The molecule has 1 rings (SSSR count). The SMILES string of the molecule is CC(C)N(CCN)Cc1cncs1. The second-order valence-electron chi connectivity index (χ2n) is 3.32. The minimum atomic E-state index is 0.547. The lowest BCUT2D eigenvalue weighted by Gasteiger charge is -2.24. The van der Waals surface area contributed by atoms with Crippen LogP contribution in [0.5, 0.6) is 0 Å². The Morgan fingerprint density at radius 2 is 2.38 bits per heavy atom. The summed E-state index contributed by atoms with van der Waals surface area (Å²) >= 11 is 1.70. The monoisotopic (exact) mass is 199 g/mol. The highest BCUT2D eigenvalue weighted by Crippen LogP contribution is 2.11. The van der Waals surface area contributed by atoms with Gasteiger partial charge in [-0.3, -0.25) is 9.88 Å². The number of rotatable bonds is 5. The number of aromatic nitrogens is 1. The summed E-state index contributed by atoms with van der Waals surface area (Å²) in [5, 5.41) is 0. The van der Waals surface area contributed by atoms with Gasteiger partial charge >= 0.3 is 0 Å². The van der Waals surface area contributed by atoms with Crippen LogP contribution in [0.15, 0.2) is 11.7 Å². The predicted molar refractivity (Wildman–Crippen MR) is 56.7 cm³/mol. The van der Waals surface area contributed by atoms with Crippen LogP contribution in [0.1, 0.15) is 18.7 Å². The molecule has 13 heavy (non-hydrogen) atoms. The first-order valence-electron chi connectivity index (χ1n) is 4.55. The van der Waals surface area contributed by atoms with E-state index in [0.717, 1.165) is 19.6 Å². The average Bonchev–Trinajstić information content (AvgIpc) is 2.56. The third-order valence-electron chi connectivity index (χ3n) is 1.99. The topological polar surface area (TPSA) is 42.1 Å². The first-order valence-corrected chi connectivity index (χ1v) is 5.43. The minimum absolute atomic E-state index is 0.547. The summed E-state index contributed by atoms with van der Waals surface area (Å²) in [5.41, 5.74) is 7.41. The molecule has 0 fully saturated rings. The van der Waals surface area contributed by atoms with Crippen LogP contribution in [0.2, 0.25) is 0 Å². The van der Waals surface area contributed by atoms with E-state index in [0.29, 0.717) is 6.04 Å². The predicted octanol–water partition coefficient (Wildman–Crippen LogP) is 1.31. The van der Waals surface area contributed by atoms with E-state index >= 15 is 0 Å². The van der Waals surface area contributed by atoms with Crippen molar-refractivity contribution in [2.24, 2.45) is 5.73 Å². The van der Waals surface area contributed by atoms with E-state index in [9.17, 15) is 0 Å². The Hall–Kier alpha value is -0.450. The van der Waals surface area contributed by atoms with Crippen LogP contribution in [0.25, 0.3) is 0 Å². The molecule has 0 aliphatic heterocycles. The normalized spacial score (nSPS) is 11.5. The number of hydrogen-bond donors (Lipinski definition) is 1. The summed E-state index contributed by atoms with van der Waals surface area (Å²) in [6.07, 6.45) is 1.93. The molecule has 3 nitrogen and oxygen atoms in total. The van der Waals surface area contributed by atoms with Crippen molar-refractivity contribution < 1.29 is 0 Å². The summed E-state index contributed by atoms with van der Waals surface area (Å²) in [6, 6.07) is 0.547. The van der Waals surface area contributed by atoms with Crippen LogP contribution in [0.4, 0.5) is 0 Å². The molecular formula is C9H17N3S.